The molecule has 0 atom stereocenters. The molecule has 7 heteroatoms. The molecule has 3 heterocycles. The van der Waals surface area contributed by atoms with Crippen molar-refractivity contribution in [3.8, 4) is 22.4 Å². The second-order valence-electron chi connectivity index (χ2n) is 8.18. The van der Waals surface area contributed by atoms with Gasteiger partial charge in [0.1, 0.15) is 5.65 Å². The van der Waals surface area contributed by atoms with E-state index in [1.165, 1.54) is 11.8 Å². The predicted octanol–water partition coefficient (Wildman–Crippen LogP) is 5.06. The second kappa shape index (κ2) is 7.31. The number of rotatable bonds is 4. The van der Waals surface area contributed by atoms with E-state index in [1.807, 2.05) is 42.3 Å². The SMILES string of the molecule is CCc1c(-c2c(C)cccc2-c2cccc(S(C)(=O)=O)c2)[nH]c2ncc3cnn(C)c3c12. The van der Waals surface area contributed by atoms with E-state index in [9.17, 15) is 8.42 Å². The van der Waals surface area contributed by atoms with Crippen LogP contribution < -0.4 is 0 Å². The van der Waals surface area contributed by atoms with Crippen molar-refractivity contribution in [2.24, 2.45) is 7.05 Å². The minimum Gasteiger partial charge on any atom is -0.339 e. The molecule has 6 nitrogen and oxygen atoms in total. The second-order valence-corrected chi connectivity index (χ2v) is 10.2. The van der Waals surface area contributed by atoms with Crippen molar-refractivity contribution in [1.82, 2.24) is 19.7 Å². The quantitative estimate of drug-likeness (QED) is 0.420. The predicted molar refractivity (Wildman–Crippen MR) is 128 cm³/mol. The van der Waals surface area contributed by atoms with Crippen LogP contribution in [0, 0.1) is 6.92 Å². The first-order valence-corrected chi connectivity index (χ1v) is 12.4. The number of hydrogen-bond acceptors (Lipinski definition) is 4. The molecule has 0 spiro atoms. The standard InChI is InChI=1S/C25H24N4O2S/c1-5-19-22-24-17(14-27-29(24)3)13-26-25(22)28-23(19)21-15(2)8-6-11-20(21)16-9-7-10-18(12-16)32(4,30)31/h6-14H,5H2,1-4H3,(H,26,28). The van der Waals surface area contributed by atoms with Gasteiger partial charge in [-0.3, -0.25) is 4.68 Å². The topological polar surface area (TPSA) is 80.6 Å². The Morgan fingerprint density at radius 2 is 1.88 bits per heavy atom. The minimum absolute atomic E-state index is 0.313. The summed E-state index contributed by atoms with van der Waals surface area (Å²) >= 11 is 0. The van der Waals surface area contributed by atoms with Gasteiger partial charge in [0.15, 0.2) is 9.84 Å². The van der Waals surface area contributed by atoms with Crippen molar-refractivity contribution in [3.63, 3.8) is 0 Å². The van der Waals surface area contributed by atoms with E-state index in [4.69, 9.17) is 0 Å². The van der Waals surface area contributed by atoms with E-state index in [0.29, 0.717) is 4.90 Å². The van der Waals surface area contributed by atoms with Crippen molar-refractivity contribution in [2.45, 2.75) is 25.2 Å². The summed E-state index contributed by atoms with van der Waals surface area (Å²) in [5, 5.41) is 6.51. The molecule has 0 aliphatic heterocycles. The molecule has 3 aromatic heterocycles. The molecule has 0 saturated carbocycles. The van der Waals surface area contributed by atoms with Crippen molar-refractivity contribution < 1.29 is 8.42 Å². The minimum atomic E-state index is -3.30. The van der Waals surface area contributed by atoms with Gasteiger partial charge in [0.05, 0.1) is 22.3 Å². The molecule has 0 fully saturated rings. The van der Waals surface area contributed by atoms with Gasteiger partial charge in [-0.05, 0) is 47.7 Å². The highest BCUT2D eigenvalue weighted by molar-refractivity contribution is 7.90. The molecule has 162 valence electrons. The molecule has 0 bridgehead atoms. The van der Waals surface area contributed by atoms with Gasteiger partial charge >= 0.3 is 0 Å². The summed E-state index contributed by atoms with van der Waals surface area (Å²) in [6, 6.07) is 13.3. The zero-order chi connectivity index (χ0) is 22.6. The number of sulfone groups is 1. The van der Waals surface area contributed by atoms with Gasteiger partial charge in [-0.2, -0.15) is 5.10 Å². The van der Waals surface area contributed by atoms with Crippen LogP contribution in [0.4, 0.5) is 0 Å². The van der Waals surface area contributed by atoms with Crippen molar-refractivity contribution in [1.29, 1.82) is 0 Å². The monoisotopic (exact) mass is 444 g/mol. The van der Waals surface area contributed by atoms with Crippen molar-refractivity contribution >= 4 is 31.8 Å². The molecule has 0 amide bonds. The van der Waals surface area contributed by atoms with Crippen LogP contribution in [0.3, 0.4) is 0 Å². The molecule has 0 aliphatic rings. The first-order chi connectivity index (χ1) is 15.3. The third kappa shape index (κ3) is 3.12. The van der Waals surface area contributed by atoms with Crippen molar-refractivity contribution in [3.05, 3.63) is 66.0 Å². The molecule has 1 N–H and O–H groups in total. The van der Waals surface area contributed by atoms with Gasteiger partial charge in [-0.25, -0.2) is 13.4 Å². The van der Waals surface area contributed by atoms with E-state index in [2.05, 4.69) is 35.0 Å². The fourth-order valence-corrected chi connectivity index (χ4v) is 5.23. The zero-order valence-electron chi connectivity index (χ0n) is 18.5. The normalized spacial score (nSPS) is 12.1. The van der Waals surface area contributed by atoms with Crippen LogP contribution in [0.1, 0.15) is 18.1 Å². The Bertz CT molecular complexity index is 1610. The molecule has 32 heavy (non-hydrogen) atoms. The molecule has 0 saturated heterocycles. The lowest BCUT2D eigenvalue weighted by molar-refractivity contribution is 0.602. The highest BCUT2D eigenvalue weighted by Gasteiger charge is 2.21. The molecule has 0 radical (unpaired) electrons. The number of aromatic amines is 1. The van der Waals surface area contributed by atoms with Gasteiger partial charge in [0.25, 0.3) is 0 Å². The maximum atomic E-state index is 12.2. The Kier molecular flexibility index (Phi) is 4.67. The van der Waals surface area contributed by atoms with Crippen molar-refractivity contribution in [2.75, 3.05) is 6.26 Å². The first kappa shape index (κ1) is 20.5. The highest BCUT2D eigenvalue weighted by atomic mass is 32.2. The van der Waals surface area contributed by atoms with E-state index in [0.717, 1.165) is 56.3 Å². The fourth-order valence-electron chi connectivity index (χ4n) is 4.57. The first-order valence-electron chi connectivity index (χ1n) is 10.5. The fraction of sp³-hybridized carbons (Fsp3) is 0.200. The molecular formula is C25H24N4O2S. The third-order valence-corrected chi connectivity index (χ3v) is 7.18. The lowest BCUT2D eigenvalue weighted by Gasteiger charge is -2.14. The van der Waals surface area contributed by atoms with Crippen LogP contribution in [0.25, 0.3) is 44.3 Å². The van der Waals surface area contributed by atoms with Crippen LogP contribution in [-0.2, 0) is 23.3 Å². The summed E-state index contributed by atoms with van der Waals surface area (Å²) in [5.41, 5.74) is 8.09. The Balaban J connectivity index is 1.84. The van der Waals surface area contributed by atoms with Crippen LogP contribution in [0.15, 0.2) is 59.8 Å². The average Bonchev–Trinajstić information content (AvgIpc) is 3.32. The molecular weight excluding hydrogens is 420 g/mol. The van der Waals surface area contributed by atoms with Gasteiger partial charge in [0, 0.05) is 35.8 Å². The number of benzene rings is 2. The largest absolute Gasteiger partial charge is 0.339 e. The summed E-state index contributed by atoms with van der Waals surface area (Å²) < 4.78 is 26.2. The number of H-pyrrole nitrogens is 1. The van der Waals surface area contributed by atoms with Crippen LogP contribution in [0.5, 0.6) is 0 Å². The number of aryl methyl sites for hydroxylation is 3. The maximum Gasteiger partial charge on any atom is 0.175 e. The Labute approximate surface area is 186 Å². The van der Waals surface area contributed by atoms with E-state index in [-0.39, 0.29) is 0 Å². The summed E-state index contributed by atoms with van der Waals surface area (Å²) in [6.07, 6.45) is 5.74. The number of nitrogens with one attached hydrogen (secondary N) is 1. The number of fused-ring (bicyclic) bond motifs is 3. The number of aromatic nitrogens is 4. The third-order valence-electron chi connectivity index (χ3n) is 6.07. The zero-order valence-corrected chi connectivity index (χ0v) is 19.3. The summed E-state index contributed by atoms with van der Waals surface area (Å²) in [4.78, 5) is 8.55. The molecule has 5 aromatic rings. The van der Waals surface area contributed by atoms with Gasteiger partial charge in [-0.1, -0.05) is 37.3 Å². The van der Waals surface area contributed by atoms with Crippen LogP contribution in [0.2, 0.25) is 0 Å². The van der Waals surface area contributed by atoms with E-state index in [1.54, 1.807) is 18.2 Å². The van der Waals surface area contributed by atoms with E-state index >= 15 is 0 Å². The summed E-state index contributed by atoms with van der Waals surface area (Å²) in [5.74, 6) is 0. The van der Waals surface area contributed by atoms with Crippen LogP contribution in [-0.4, -0.2) is 34.4 Å². The van der Waals surface area contributed by atoms with E-state index < -0.39 is 9.84 Å². The Morgan fingerprint density at radius 3 is 2.62 bits per heavy atom. The highest BCUT2D eigenvalue weighted by Crippen LogP contribution is 2.40. The van der Waals surface area contributed by atoms with Gasteiger partial charge in [0.2, 0.25) is 0 Å². The molecule has 0 unspecified atom stereocenters. The number of pyridine rings is 1. The Hall–Kier alpha value is -3.45. The molecule has 5 rings (SSSR count). The van der Waals surface area contributed by atoms with Crippen LogP contribution >= 0.6 is 0 Å². The van der Waals surface area contributed by atoms with Gasteiger partial charge in [-0.15, -0.1) is 0 Å². The molecule has 2 aromatic carbocycles. The van der Waals surface area contributed by atoms with Gasteiger partial charge < -0.3 is 4.98 Å². The summed E-state index contributed by atoms with van der Waals surface area (Å²) in [6.45, 7) is 4.22. The smallest absolute Gasteiger partial charge is 0.175 e. The molecule has 0 aliphatic carbocycles. The average molecular weight is 445 g/mol. The Morgan fingerprint density at radius 1 is 1.09 bits per heavy atom. The lowest BCUT2D eigenvalue weighted by Crippen LogP contribution is -1.98. The number of nitrogens with zero attached hydrogens (tertiary/aromatic N) is 3. The number of hydrogen-bond donors (Lipinski definition) is 1. The summed E-state index contributed by atoms with van der Waals surface area (Å²) in [7, 11) is -1.36. The maximum absolute atomic E-state index is 12.2. The lowest BCUT2D eigenvalue weighted by atomic mass is 9.91.